The lowest BCUT2D eigenvalue weighted by Gasteiger charge is -2.25. The van der Waals surface area contributed by atoms with E-state index in [9.17, 15) is 4.79 Å². The van der Waals surface area contributed by atoms with Crippen molar-refractivity contribution in [3.05, 3.63) is 18.2 Å². The fraction of sp³-hybridized carbons (Fsp3) is 0.714. The number of amides is 1. The number of aryl methyl sites for hydroxylation is 1. The summed E-state index contributed by atoms with van der Waals surface area (Å²) in [6.45, 7) is 4.71. The van der Waals surface area contributed by atoms with Gasteiger partial charge in [0, 0.05) is 37.9 Å². The number of likely N-dealkylation sites (tertiary alicyclic amines) is 1. The lowest BCUT2D eigenvalue weighted by Crippen LogP contribution is -2.38. The molecule has 1 amide bonds. The Balaban J connectivity index is 1.89. The molecule has 19 heavy (non-hydrogen) atoms. The predicted molar refractivity (Wildman–Crippen MR) is 74.9 cm³/mol. The van der Waals surface area contributed by atoms with Crippen LogP contribution in [0.1, 0.15) is 31.5 Å². The van der Waals surface area contributed by atoms with Crippen molar-refractivity contribution in [2.45, 2.75) is 45.2 Å². The smallest absolute Gasteiger partial charge is 0.222 e. The van der Waals surface area contributed by atoms with Gasteiger partial charge in [-0.2, -0.15) is 0 Å². The molecule has 5 heteroatoms. The van der Waals surface area contributed by atoms with Gasteiger partial charge in [-0.3, -0.25) is 4.79 Å². The molecule has 0 aromatic carbocycles. The zero-order valence-electron chi connectivity index (χ0n) is 11.9. The van der Waals surface area contributed by atoms with Crippen LogP contribution in [0.15, 0.2) is 12.4 Å². The Labute approximate surface area is 115 Å². The van der Waals surface area contributed by atoms with E-state index in [0.29, 0.717) is 18.4 Å². The highest BCUT2D eigenvalue weighted by Gasteiger charge is 2.28. The van der Waals surface area contributed by atoms with Crippen LogP contribution in [-0.4, -0.2) is 46.5 Å². The van der Waals surface area contributed by atoms with Gasteiger partial charge in [-0.15, -0.1) is 0 Å². The molecule has 1 saturated heterocycles. The summed E-state index contributed by atoms with van der Waals surface area (Å²) < 4.78 is 2.14. The molecule has 1 unspecified atom stereocenters. The lowest BCUT2D eigenvalue weighted by atomic mass is 10.2. The van der Waals surface area contributed by atoms with Gasteiger partial charge in [-0.25, -0.2) is 4.98 Å². The summed E-state index contributed by atoms with van der Waals surface area (Å²) in [7, 11) is 1.92. The van der Waals surface area contributed by atoms with Crippen LogP contribution in [0.3, 0.4) is 0 Å². The highest BCUT2D eigenvalue weighted by molar-refractivity contribution is 5.76. The zero-order chi connectivity index (χ0) is 13.7. The average Bonchev–Trinajstić information content (AvgIpc) is 3.00. The van der Waals surface area contributed by atoms with Crippen molar-refractivity contribution in [2.75, 3.05) is 20.1 Å². The summed E-state index contributed by atoms with van der Waals surface area (Å²) in [6, 6.07) is 0.343. The highest BCUT2D eigenvalue weighted by atomic mass is 16.2. The third-order valence-electron chi connectivity index (χ3n) is 3.85. The minimum atomic E-state index is 0.301. The van der Waals surface area contributed by atoms with Crippen molar-refractivity contribution >= 4 is 5.91 Å². The Morgan fingerprint density at radius 1 is 1.58 bits per heavy atom. The van der Waals surface area contributed by atoms with Gasteiger partial charge in [0.2, 0.25) is 5.91 Å². The van der Waals surface area contributed by atoms with Gasteiger partial charge in [0.05, 0.1) is 0 Å². The van der Waals surface area contributed by atoms with Crippen LogP contribution in [0, 0.1) is 6.92 Å². The zero-order valence-corrected chi connectivity index (χ0v) is 11.9. The maximum absolute atomic E-state index is 12.2. The number of hydrogen-bond donors (Lipinski definition) is 1. The Morgan fingerprint density at radius 3 is 3.11 bits per heavy atom. The first kappa shape index (κ1) is 14.1. The monoisotopic (exact) mass is 264 g/mol. The van der Waals surface area contributed by atoms with Gasteiger partial charge < -0.3 is 14.8 Å². The van der Waals surface area contributed by atoms with Crippen molar-refractivity contribution < 1.29 is 4.79 Å². The molecule has 1 aromatic rings. The molecule has 0 saturated carbocycles. The van der Waals surface area contributed by atoms with Crippen molar-refractivity contribution in [1.29, 1.82) is 0 Å². The summed E-state index contributed by atoms with van der Waals surface area (Å²) in [4.78, 5) is 18.5. The molecule has 0 bridgehead atoms. The van der Waals surface area contributed by atoms with E-state index in [-0.39, 0.29) is 0 Å². The van der Waals surface area contributed by atoms with E-state index in [0.717, 1.165) is 44.7 Å². The molecule has 5 nitrogen and oxygen atoms in total. The topological polar surface area (TPSA) is 50.2 Å². The van der Waals surface area contributed by atoms with Gasteiger partial charge in [-0.05, 0) is 39.8 Å². The van der Waals surface area contributed by atoms with E-state index in [2.05, 4.69) is 19.8 Å². The van der Waals surface area contributed by atoms with Crippen molar-refractivity contribution in [3.63, 3.8) is 0 Å². The van der Waals surface area contributed by atoms with E-state index in [4.69, 9.17) is 0 Å². The maximum atomic E-state index is 12.2. The summed E-state index contributed by atoms with van der Waals surface area (Å²) in [5.74, 6) is 1.32. The van der Waals surface area contributed by atoms with E-state index >= 15 is 0 Å². The van der Waals surface area contributed by atoms with Crippen molar-refractivity contribution in [2.24, 2.45) is 0 Å². The molecule has 0 radical (unpaired) electrons. The molecule has 0 aliphatic carbocycles. The van der Waals surface area contributed by atoms with Crippen LogP contribution in [0.25, 0.3) is 0 Å². The highest BCUT2D eigenvalue weighted by Crippen LogP contribution is 2.20. The Hall–Kier alpha value is -1.36. The molecule has 1 fully saturated rings. The summed E-state index contributed by atoms with van der Waals surface area (Å²) >= 11 is 0. The van der Waals surface area contributed by atoms with Crippen LogP contribution >= 0.6 is 0 Å². The van der Waals surface area contributed by atoms with Crippen molar-refractivity contribution in [1.82, 2.24) is 19.8 Å². The average molecular weight is 264 g/mol. The third kappa shape index (κ3) is 3.56. The van der Waals surface area contributed by atoms with E-state index < -0.39 is 0 Å². The molecule has 0 spiro atoms. The van der Waals surface area contributed by atoms with Crippen LogP contribution in [-0.2, 0) is 11.3 Å². The molecule has 106 valence electrons. The quantitative estimate of drug-likeness (QED) is 0.785. The summed E-state index contributed by atoms with van der Waals surface area (Å²) in [5.41, 5.74) is 0. The van der Waals surface area contributed by atoms with Gasteiger partial charge in [0.25, 0.3) is 0 Å². The molecule has 1 N–H and O–H groups in total. The molecule has 1 atom stereocenters. The third-order valence-corrected chi connectivity index (χ3v) is 3.85. The summed E-state index contributed by atoms with van der Waals surface area (Å²) in [5, 5.41) is 3.09. The second-order valence-electron chi connectivity index (χ2n) is 5.22. The second-order valence-corrected chi connectivity index (χ2v) is 5.22. The van der Waals surface area contributed by atoms with Crippen LogP contribution < -0.4 is 5.32 Å². The minimum Gasteiger partial charge on any atom is -0.338 e. The Bertz CT molecular complexity index is 415. The number of nitrogens with zero attached hydrogens (tertiary/aromatic N) is 3. The maximum Gasteiger partial charge on any atom is 0.222 e. The van der Waals surface area contributed by atoms with Gasteiger partial charge >= 0.3 is 0 Å². The first-order chi connectivity index (χ1) is 9.22. The Kier molecular flexibility index (Phi) is 4.96. The molecule has 1 aliphatic heterocycles. The number of rotatable bonds is 6. The largest absolute Gasteiger partial charge is 0.338 e. The van der Waals surface area contributed by atoms with E-state index in [1.807, 2.05) is 26.4 Å². The van der Waals surface area contributed by atoms with Gasteiger partial charge in [0.15, 0.2) is 0 Å². The molecular weight excluding hydrogens is 240 g/mol. The van der Waals surface area contributed by atoms with Crippen LogP contribution in [0.5, 0.6) is 0 Å². The van der Waals surface area contributed by atoms with Crippen LogP contribution in [0.2, 0.25) is 0 Å². The second kappa shape index (κ2) is 6.70. The molecule has 2 heterocycles. The number of carbonyl (C=O) groups excluding carboxylic acids is 1. The Morgan fingerprint density at radius 2 is 2.42 bits per heavy atom. The fourth-order valence-electron chi connectivity index (χ4n) is 2.74. The number of nitrogens with one attached hydrogen (secondary N) is 1. The predicted octanol–water partition coefficient (Wildman–Crippen LogP) is 1.18. The van der Waals surface area contributed by atoms with Crippen molar-refractivity contribution in [3.8, 4) is 0 Å². The molecule has 2 rings (SSSR count). The number of hydrogen-bond acceptors (Lipinski definition) is 3. The van der Waals surface area contributed by atoms with Crippen LogP contribution in [0.4, 0.5) is 0 Å². The van der Waals surface area contributed by atoms with Gasteiger partial charge in [-0.1, -0.05) is 0 Å². The first-order valence-corrected chi connectivity index (χ1v) is 7.14. The lowest BCUT2D eigenvalue weighted by molar-refractivity contribution is -0.132. The number of imidazole rings is 1. The van der Waals surface area contributed by atoms with Gasteiger partial charge in [0.1, 0.15) is 5.82 Å². The normalized spacial score (nSPS) is 19.1. The first-order valence-electron chi connectivity index (χ1n) is 7.14. The number of aromatic nitrogens is 2. The molecule has 1 aliphatic rings. The summed E-state index contributed by atoms with van der Waals surface area (Å²) in [6.07, 6.45) is 7.62. The minimum absolute atomic E-state index is 0.301. The molecule has 1 aromatic heterocycles. The fourth-order valence-corrected chi connectivity index (χ4v) is 2.74. The standard InChI is InChI=1S/C14H24N4O/c1-12-16-8-10-17(12)11-13-5-4-9-18(13)14(19)6-3-7-15-2/h8,10,13,15H,3-7,9,11H2,1-2H3. The van der Waals surface area contributed by atoms with E-state index in [1.165, 1.54) is 0 Å². The SMILES string of the molecule is CNCCCC(=O)N1CCCC1Cn1ccnc1C. The van der Waals surface area contributed by atoms with E-state index in [1.54, 1.807) is 0 Å². The molecular formula is C14H24N4O. The number of carbonyl (C=O) groups is 1.